The van der Waals surface area contributed by atoms with Crippen molar-refractivity contribution in [3.8, 4) is 0 Å². The van der Waals surface area contributed by atoms with Gasteiger partial charge < -0.3 is 10.1 Å². The summed E-state index contributed by atoms with van der Waals surface area (Å²) in [6.07, 6.45) is 4.39. The van der Waals surface area contributed by atoms with Crippen LogP contribution in [0.4, 0.5) is 0 Å². The molecule has 0 spiro atoms. The van der Waals surface area contributed by atoms with E-state index >= 15 is 0 Å². The summed E-state index contributed by atoms with van der Waals surface area (Å²) >= 11 is 0. The molecule has 1 aromatic heterocycles. The molecule has 0 aliphatic carbocycles. The van der Waals surface area contributed by atoms with Gasteiger partial charge in [0.2, 0.25) is 0 Å². The predicted octanol–water partition coefficient (Wildman–Crippen LogP) is 2.16. The first-order valence-corrected chi connectivity index (χ1v) is 6.09. The number of hydrogen-bond donors (Lipinski definition) is 1. The van der Waals surface area contributed by atoms with E-state index < -0.39 is 0 Å². The Morgan fingerprint density at radius 2 is 2.25 bits per heavy atom. The normalized spacial score (nSPS) is 19.6. The lowest BCUT2D eigenvalue weighted by Gasteiger charge is -2.24. The summed E-state index contributed by atoms with van der Waals surface area (Å²) in [5, 5.41) is 3.37. The molecule has 1 aliphatic heterocycles. The van der Waals surface area contributed by atoms with Gasteiger partial charge in [-0.3, -0.25) is 4.98 Å². The van der Waals surface area contributed by atoms with Crippen LogP contribution in [-0.2, 0) is 4.74 Å². The predicted molar refractivity (Wildman–Crippen MR) is 64.2 cm³/mol. The Kier molecular flexibility index (Phi) is 4.31. The van der Waals surface area contributed by atoms with Crippen molar-refractivity contribution >= 4 is 0 Å². The van der Waals surface area contributed by atoms with Gasteiger partial charge in [0, 0.05) is 6.20 Å². The van der Waals surface area contributed by atoms with Gasteiger partial charge in [-0.15, -0.1) is 0 Å². The van der Waals surface area contributed by atoms with E-state index in [1.54, 1.807) is 0 Å². The molecule has 0 radical (unpaired) electrons. The minimum absolute atomic E-state index is 0.107. The van der Waals surface area contributed by atoms with Crippen molar-refractivity contribution in [2.75, 3.05) is 19.7 Å². The number of pyridine rings is 1. The fourth-order valence-electron chi connectivity index (χ4n) is 2.03. The first-order valence-electron chi connectivity index (χ1n) is 6.09. The fourth-order valence-corrected chi connectivity index (χ4v) is 2.03. The summed E-state index contributed by atoms with van der Waals surface area (Å²) in [7, 11) is 0. The summed E-state index contributed by atoms with van der Waals surface area (Å²) < 4.78 is 5.88. The summed E-state index contributed by atoms with van der Waals surface area (Å²) in [6.45, 7) is 5.20. The molecule has 1 saturated heterocycles. The lowest BCUT2D eigenvalue weighted by atomic mass is 9.99. The zero-order valence-corrected chi connectivity index (χ0v) is 9.86. The molecule has 3 nitrogen and oxygen atoms in total. The molecule has 2 rings (SSSR count). The van der Waals surface area contributed by atoms with Crippen LogP contribution < -0.4 is 5.32 Å². The largest absolute Gasteiger partial charge is 0.372 e. The topological polar surface area (TPSA) is 34.1 Å². The van der Waals surface area contributed by atoms with Gasteiger partial charge in [0.15, 0.2) is 0 Å². The molecule has 0 aromatic carbocycles. The first-order chi connectivity index (χ1) is 7.86. The number of piperidine rings is 1. The van der Waals surface area contributed by atoms with Crippen molar-refractivity contribution in [3.05, 3.63) is 30.1 Å². The average Bonchev–Trinajstić information content (AvgIpc) is 2.38. The molecule has 1 unspecified atom stereocenters. The highest BCUT2D eigenvalue weighted by Gasteiger charge is 2.15. The Labute approximate surface area is 97.2 Å². The third-order valence-electron chi connectivity index (χ3n) is 3.14. The van der Waals surface area contributed by atoms with Gasteiger partial charge in [-0.25, -0.2) is 0 Å². The third kappa shape index (κ3) is 3.29. The minimum atomic E-state index is 0.107. The molecular weight excluding hydrogens is 200 g/mol. The van der Waals surface area contributed by atoms with Crippen LogP contribution in [-0.4, -0.2) is 24.7 Å². The van der Waals surface area contributed by atoms with Gasteiger partial charge in [0.25, 0.3) is 0 Å². The third-order valence-corrected chi connectivity index (χ3v) is 3.14. The van der Waals surface area contributed by atoms with Crippen LogP contribution in [0.3, 0.4) is 0 Å². The Bertz CT molecular complexity index is 296. The standard InChI is InChI=1S/C13H20N2O/c1-11(13-4-2-3-7-15-13)16-10-12-5-8-14-9-6-12/h2-4,7,11-12,14H,5-6,8-10H2,1H3. The number of ether oxygens (including phenoxy) is 1. The van der Waals surface area contributed by atoms with Crippen LogP contribution in [0.15, 0.2) is 24.4 Å². The quantitative estimate of drug-likeness (QED) is 0.844. The summed E-state index contributed by atoms with van der Waals surface area (Å²) in [5.41, 5.74) is 1.02. The van der Waals surface area contributed by atoms with Crippen LogP contribution in [0.5, 0.6) is 0 Å². The Hall–Kier alpha value is -0.930. The van der Waals surface area contributed by atoms with E-state index in [0.29, 0.717) is 5.92 Å². The second kappa shape index (κ2) is 5.97. The first kappa shape index (κ1) is 11.6. The minimum Gasteiger partial charge on any atom is -0.372 e. The second-order valence-electron chi connectivity index (χ2n) is 4.42. The highest BCUT2D eigenvalue weighted by Crippen LogP contribution is 2.18. The molecule has 3 heteroatoms. The zero-order chi connectivity index (χ0) is 11.2. The van der Waals surface area contributed by atoms with Crippen molar-refractivity contribution < 1.29 is 4.74 Å². The molecule has 0 amide bonds. The zero-order valence-electron chi connectivity index (χ0n) is 9.86. The van der Waals surface area contributed by atoms with E-state index in [-0.39, 0.29) is 6.10 Å². The van der Waals surface area contributed by atoms with E-state index in [2.05, 4.69) is 17.2 Å². The van der Waals surface area contributed by atoms with Crippen LogP contribution in [0.1, 0.15) is 31.6 Å². The average molecular weight is 220 g/mol. The smallest absolute Gasteiger partial charge is 0.0966 e. The van der Waals surface area contributed by atoms with Crippen molar-refractivity contribution in [2.45, 2.75) is 25.9 Å². The summed E-state index contributed by atoms with van der Waals surface area (Å²) in [6, 6.07) is 5.96. The van der Waals surface area contributed by atoms with Crippen molar-refractivity contribution in [1.82, 2.24) is 10.3 Å². The number of nitrogens with one attached hydrogen (secondary N) is 1. The SMILES string of the molecule is CC(OCC1CCNCC1)c1ccccn1. The van der Waals surface area contributed by atoms with Crippen LogP contribution in [0, 0.1) is 5.92 Å². The molecule has 1 atom stereocenters. The monoisotopic (exact) mass is 220 g/mol. The number of nitrogens with zero attached hydrogens (tertiary/aromatic N) is 1. The lowest BCUT2D eigenvalue weighted by Crippen LogP contribution is -2.30. The highest BCUT2D eigenvalue weighted by atomic mass is 16.5. The second-order valence-corrected chi connectivity index (χ2v) is 4.42. The molecular formula is C13H20N2O. The Morgan fingerprint density at radius 1 is 1.44 bits per heavy atom. The molecule has 16 heavy (non-hydrogen) atoms. The van der Waals surface area contributed by atoms with Gasteiger partial charge in [-0.05, 0) is 50.9 Å². The molecule has 1 aliphatic rings. The molecule has 1 aromatic rings. The van der Waals surface area contributed by atoms with Crippen LogP contribution in [0.25, 0.3) is 0 Å². The van der Waals surface area contributed by atoms with Gasteiger partial charge in [0.1, 0.15) is 0 Å². The van der Waals surface area contributed by atoms with E-state index in [1.165, 1.54) is 12.8 Å². The molecule has 1 N–H and O–H groups in total. The highest BCUT2D eigenvalue weighted by molar-refractivity contribution is 5.05. The summed E-state index contributed by atoms with van der Waals surface area (Å²) in [5.74, 6) is 0.715. The molecule has 88 valence electrons. The van der Waals surface area contributed by atoms with Crippen LogP contribution >= 0.6 is 0 Å². The summed E-state index contributed by atoms with van der Waals surface area (Å²) in [4.78, 5) is 4.31. The molecule has 2 heterocycles. The lowest BCUT2D eigenvalue weighted by molar-refractivity contribution is 0.0297. The fraction of sp³-hybridized carbons (Fsp3) is 0.615. The van der Waals surface area contributed by atoms with E-state index in [0.717, 1.165) is 25.4 Å². The molecule has 0 bridgehead atoms. The number of hydrogen-bond acceptors (Lipinski definition) is 3. The van der Waals surface area contributed by atoms with Gasteiger partial charge in [0.05, 0.1) is 18.4 Å². The van der Waals surface area contributed by atoms with Gasteiger partial charge in [-0.1, -0.05) is 6.07 Å². The number of rotatable bonds is 4. The Balaban J connectivity index is 1.77. The molecule has 0 saturated carbocycles. The Morgan fingerprint density at radius 3 is 2.94 bits per heavy atom. The van der Waals surface area contributed by atoms with E-state index in [1.807, 2.05) is 24.4 Å². The van der Waals surface area contributed by atoms with Crippen molar-refractivity contribution in [2.24, 2.45) is 5.92 Å². The van der Waals surface area contributed by atoms with Gasteiger partial charge in [-0.2, -0.15) is 0 Å². The maximum atomic E-state index is 5.88. The maximum absolute atomic E-state index is 5.88. The molecule has 1 fully saturated rings. The van der Waals surface area contributed by atoms with E-state index in [9.17, 15) is 0 Å². The van der Waals surface area contributed by atoms with Crippen molar-refractivity contribution in [1.29, 1.82) is 0 Å². The van der Waals surface area contributed by atoms with Crippen molar-refractivity contribution in [3.63, 3.8) is 0 Å². The maximum Gasteiger partial charge on any atom is 0.0966 e. The number of aromatic nitrogens is 1. The van der Waals surface area contributed by atoms with Gasteiger partial charge >= 0.3 is 0 Å². The van der Waals surface area contributed by atoms with E-state index in [4.69, 9.17) is 4.74 Å². The van der Waals surface area contributed by atoms with Crippen LogP contribution in [0.2, 0.25) is 0 Å².